The highest BCUT2D eigenvalue weighted by Gasteiger charge is 2.10. The quantitative estimate of drug-likeness (QED) is 0.793. The van der Waals surface area contributed by atoms with E-state index in [0.29, 0.717) is 17.8 Å². The van der Waals surface area contributed by atoms with Crippen LogP contribution in [0.4, 0.5) is 5.69 Å². The Morgan fingerprint density at radius 3 is 2.94 bits per heavy atom. The number of carbonyl (C=O) groups excluding carboxylic acids is 1. The summed E-state index contributed by atoms with van der Waals surface area (Å²) in [5, 5.41) is 2.79. The van der Waals surface area contributed by atoms with Gasteiger partial charge in [-0.2, -0.15) is 0 Å². The molecule has 4 nitrogen and oxygen atoms in total. The van der Waals surface area contributed by atoms with Gasteiger partial charge < -0.3 is 15.5 Å². The maximum Gasteiger partial charge on any atom is 0.253 e. The number of anilines is 1. The van der Waals surface area contributed by atoms with Crippen molar-refractivity contribution in [3.05, 3.63) is 53.5 Å². The minimum atomic E-state index is -0.174. The van der Waals surface area contributed by atoms with E-state index in [0.717, 1.165) is 11.1 Å². The first-order valence-electron chi connectivity index (χ1n) is 5.33. The topological polar surface area (TPSA) is 68.3 Å². The Morgan fingerprint density at radius 2 is 2.24 bits per heavy atom. The van der Waals surface area contributed by atoms with Crippen LogP contribution in [0, 0.1) is 6.92 Å². The van der Waals surface area contributed by atoms with E-state index in [9.17, 15) is 4.79 Å². The highest BCUT2D eigenvalue weighted by atomic mass is 16.3. The van der Waals surface area contributed by atoms with E-state index in [-0.39, 0.29) is 5.91 Å². The van der Waals surface area contributed by atoms with Gasteiger partial charge in [0.05, 0.1) is 18.1 Å². The molecule has 1 aromatic heterocycles. The number of nitrogen functional groups attached to an aromatic ring is 1. The number of para-hydroxylation sites is 1. The van der Waals surface area contributed by atoms with E-state index in [1.807, 2.05) is 19.1 Å². The molecular formula is C13H14N2O2. The molecule has 0 aliphatic heterocycles. The fourth-order valence-corrected chi connectivity index (χ4v) is 1.55. The number of aryl methyl sites for hydroxylation is 1. The van der Waals surface area contributed by atoms with Crippen molar-refractivity contribution in [1.29, 1.82) is 0 Å². The lowest BCUT2D eigenvalue weighted by Crippen LogP contribution is -2.23. The van der Waals surface area contributed by atoms with Crippen molar-refractivity contribution in [2.24, 2.45) is 0 Å². The highest BCUT2D eigenvalue weighted by molar-refractivity contribution is 5.99. The van der Waals surface area contributed by atoms with Crippen LogP contribution in [-0.2, 0) is 6.54 Å². The van der Waals surface area contributed by atoms with Gasteiger partial charge in [-0.1, -0.05) is 12.1 Å². The van der Waals surface area contributed by atoms with Crippen molar-refractivity contribution in [1.82, 2.24) is 5.32 Å². The minimum absolute atomic E-state index is 0.174. The number of hydrogen-bond donors (Lipinski definition) is 2. The lowest BCUT2D eigenvalue weighted by molar-refractivity contribution is 0.0951. The van der Waals surface area contributed by atoms with Gasteiger partial charge in [0, 0.05) is 17.8 Å². The molecule has 0 spiro atoms. The second-order valence-electron chi connectivity index (χ2n) is 3.85. The van der Waals surface area contributed by atoms with Gasteiger partial charge in [0.25, 0.3) is 5.91 Å². The summed E-state index contributed by atoms with van der Waals surface area (Å²) in [5.41, 5.74) is 8.71. The smallest absolute Gasteiger partial charge is 0.253 e. The maximum absolute atomic E-state index is 11.9. The van der Waals surface area contributed by atoms with E-state index in [4.69, 9.17) is 10.2 Å². The van der Waals surface area contributed by atoms with Gasteiger partial charge in [-0.3, -0.25) is 4.79 Å². The Hall–Kier alpha value is -2.23. The second-order valence-corrected chi connectivity index (χ2v) is 3.85. The lowest BCUT2D eigenvalue weighted by atomic mass is 10.1. The number of hydrogen-bond acceptors (Lipinski definition) is 3. The largest absolute Gasteiger partial charge is 0.472 e. The molecule has 0 fully saturated rings. The molecule has 0 atom stereocenters. The summed E-state index contributed by atoms with van der Waals surface area (Å²) >= 11 is 0. The van der Waals surface area contributed by atoms with Crippen molar-refractivity contribution >= 4 is 11.6 Å². The molecule has 1 heterocycles. The molecule has 0 saturated heterocycles. The van der Waals surface area contributed by atoms with Crippen LogP contribution in [0.1, 0.15) is 21.5 Å². The number of carbonyl (C=O) groups is 1. The molecule has 2 aromatic rings. The highest BCUT2D eigenvalue weighted by Crippen LogP contribution is 2.16. The van der Waals surface area contributed by atoms with Gasteiger partial charge in [-0.25, -0.2) is 0 Å². The molecule has 2 rings (SSSR count). The zero-order valence-electron chi connectivity index (χ0n) is 9.57. The van der Waals surface area contributed by atoms with Crippen molar-refractivity contribution < 1.29 is 9.21 Å². The normalized spacial score (nSPS) is 10.2. The molecule has 0 unspecified atom stereocenters. The summed E-state index contributed by atoms with van der Waals surface area (Å²) in [6.07, 6.45) is 3.17. The fraction of sp³-hybridized carbons (Fsp3) is 0.154. The predicted molar refractivity (Wildman–Crippen MR) is 65.5 cm³/mol. The average Bonchev–Trinajstić information content (AvgIpc) is 2.82. The van der Waals surface area contributed by atoms with Gasteiger partial charge >= 0.3 is 0 Å². The van der Waals surface area contributed by atoms with Crippen LogP contribution in [0.2, 0.25) is 0 Å². The van der Waals surface area contributed by atoms with Crippen LogP contribution in [0.25, 0.3) is 0 Å². The summed E-state index contributed by atoms with van der Waals surface area (Å²) in [7, 11) is 0. The number of amides is 1. The fourth-order valence-electron chi connectivity index (χ4n) is 1.55. The van der Waals surface area contributed by atoms with Crippen LogP contribution in [-0.4, -0.2) is 5.91 Å². The Morgan fingerprint density at radius 1 is 1.41 bits per heavy atom. The van der Waals surface area contributed by atoms with Crippen LogP contribution < -0.4 is 11.1 Å². The molecule has 17 heavy (non-hydrogen) atoms. The van der Waals surface area contributed by atoms with Gasteiger partial charge in [0.1, 0.15) is 0 Å². The van der Waals surface area contributed by atoms with Crippen molar-refractivity contribution in [2.45, 2.75) is 13.5 Å². The van der Waals surface area contributed by atoms with Crippen LogP contribution >= 0.6 is 0 Å². The first-order valence-corrected chi connectivity index (χ1v) is 5.33. The third-order valence-electron chi connectivity index (χ3n) is 2.60. The zero-order valence-corrected chi connectivity index (χ0v) is 9.57. The van der Waals surface area contributed by atoms with E-state index >= 15 is 0 Å². The standard InChI is InChI=1S/C13H14N2O2/c1-9-3-2-4-11(12(9)14)13(16)15-7-10-5-6-17-8-10/h2-6,8H,7,14H2,1H3,(H,15,16). The number of rotatable bonds is 3. The first kappa shape index (κ1) is 11.3. The molecule has 3 N–H and O–H groups in total. The summed E-state index contributed by atoms with van der Waals surface area (Å²) < 4.78 is 4.92. The van der Waals surface area contributed by atoms with E-state index < -0.39 is 0 Å². The van der Waals surface area contributed by atoms with E-state index in [1.165, 1.54) is 0 Å². The molecule has 0 aliphatic rings. The molecular weight excluding hydrogens is 216 g/mol. The average molecular weight is 230 g/mol. The third kappa shape index (κ3) is 2.47. The molecule has 1 amide bonds. The molecule has 1 aromatic carbocycles. The van der Waals surface area contributed by atoms with Gasteiger partial charge in [0.15, 0.2) is 0 Å². The molecule has 0 bridgehead atoms. The Balaban J connectivity index is 2.07. The predicted octanol–water partition coefficient (Wildman–Crippen LogP) is 2.10. The first-order chi connectivity index (χ1) is 8.18. The molecule has 4 heteroatoms. The third-order valence-corrected chi connectivity index (χ3v) is 2.60. The van der Waals surface area contributed by atoms with Crippen molar-refractivity contribution in [3.8, 4) is 0 Å². The van der Waals surface area contributed by atoms with Crippen molar-refractivity contribution in [2.75, 3.05) is 5.73 Å². The summed E-state index contributed by atoms with van der Waals surface area (Å²) in [6.45, 7) is 2.31. The summed E-state index contributed by atoms with van der Waals surface area (Å²) in [5.74, 6) is -0.174. The van der Waals surface area contributed by atoms with Crippen molar-refractivity contribution in [3.63, 3.8) is 0 Å². The number of nitrogens with two attached hydrogens (primary N) is 1. The maximum atomic E-state index is 11.9. The SMILES string of the molecule is Cc1cccc(C(=O)NCc2ccoc2)c1N. The van der Waals surface area contributed by atoms with Crippen LogP contribution in [0.3, 0.4) is 0 Å². The Labute approximate surface area is 99.4 Å². The second kappa shape index (κ2) is 4.74. The van der Waals surface area contributed by atoms with Crippen LogP contribution in [0.15, 0.2) is 41.2 Å². The molecule has 0 aliphatic carbocycles. The van der Waals surface area contributed by atoms with Gasteiger partial charge in [0.2, 0.25) is 0 Å². The Kier molecular flexibility index (Phi) is 3.14. The lowest BCUT2D eigenvalue weighted by Gasteiger charge is -2.08. The molecule has 88 valence electrons. The van der Waals surface area contributed by atoms with E-state index in [1.54, 1.807) is 24.7 Å². The summed E-state index contributed by atoms with van der Waals surface area (Å²) in [6, 6.07) is 7.22. The minimum Gasteiger partial charge on any atom is -0.472 e. The molecule has 0 saturated carbocycles. The monoisotopic (exact) mass is 230 g/mol. The van der Waals surface area contributed by atoms with Gasteiger partial charge in [-0.05, 0) is 24.6 Å². The Bertz CT molecular complexity index is 518. The number of nitrogens with one attached hydrogen (secondary N) is 1. The summed E-state index contributed by atoms with van der Waals surface area (Å²) in [4.78, 5) is 11.9. The van der Waals surface area contributed by atoms with Crippen LogP contribution in [0.5, 0.6) is 0 Å². The van der Waals surface area contributed by atoms with Gasteiger partial charge in [-0.15, -0.1) is 0 Å². The zero-order chi connectivity index (χ0) is 12.3. The number of benzene rings is 1. The van der Waals surface area contributed by atoms with E-state index in [2.05, 4.69) is 5.32 Å². The molecule has 0 radical (unpaired) electrons. The number of furan rings is 1.